The minimum absolute atomic E-state index is 0.0856. The van der Waals surface area contributed by atoms with Crippen LogP contribution < -0.4 is 11.1 Å². The molecule has 2 heterocycles. The van der Waals surface area contributed by atoms with E-state index in [9.17, 15) is 0 Å². The van der Waals surface area contributed by atoms with Crippen molar-refractivity contribution in [3.63, 3.8) is 0 Å². The lowest BCUT2D eigenvalue weighted by atomic mass is 10.00. The van der Waals surface area contributed by atoms with Gasteiger partial charge in [0.2, 0.25) is 0 Å². The van der Waals surface area contributed by atoms with Crippen LogP contribution in [0.15, 0.2) is 11.6 Å². The predicted octanol–water partition coefficient (Wildman–Crippen LogP) is 2.91. The summed E-state index contributed by atoms with van der Waals surface area (Å²) in [5.41, 5.74) is 6.63. The molecule has 2 aromatic heterocycles. The second kappa shape index (κ2) is 5.34. The number of nitrogen functional groups attached to an aromatic ring is 1. The molecule has 0 aliphatic heterocycles. The van der Waals surface area contributed by atoms with Gasteiger partial charge in [0.1, 0.15) is 5.01 Å². The maximum atomic E-state index is 5.63. The zero-order valence-corrected chi connectivity index (χ0v) is 12.5. The average molecular weight is 282 g/mol. The third kappa shape index (κ3) is 2.88. The highest BCUT2D eigenvalue weighted by atomic mass is 32.1. The molecular weight excluding hydrogens is 264 g/mol. The van der Waals surface area contributed by atoms with Gasteiger partial charge in [-0.1, -0.05) is 6.92 Å². The smallest absolute Gasteiger partial charge is 0.180 e. The van der Waals surface area contributed by atoms with Crippen LogP contribution in [0.3, 0.4) is 0 Å². The fraction of sp³-hybridized carbons (Fsp3) is 0.500. The largest absolute Gasteiger partial charge is 0.375 e. The molecule has 1 unspecified atom stereocenters. The lowest BCUT2D eigenvalue weighted by Crippen LogP contribution is -2.38. The number of rotatable bonds is 5. The van der Waals surface area contributed by atoms with Gasteiger partial charge in [-0.25, -0.2) is 9.97 Å². The Labute approximate surface area is 115 Å². The van der Waals surface area contributed by atoms with Crippen LogP contribution in [0.1, 0.15) is 35.8 Å². The molecule has 0 aliphatic rings. The topological polar surface area (TPSA) is 63.8 Å². The molecule has 1 atom stereocenters. The summed E-state index contributed by atoms with van der Waals surface area (Å²) in [7, 11) is 0. The molecule has 0 spiro atoms. The lowest BCUT2D eigenvalue weighted by molar-refractivity contribution is 0.350. The Kier molecular flexibility index (Phi) is 3.99. The molecule has 2 aromatic rings. The van der Waals surface area contributed by atoms with E-state index in [0.29, 0.717) is 5.13 Å². The molecule has 0 saturated carbocycles. The van der Waals surface area contributed by atoms with Gasteiger partial charge in [0.15, 0.2) is 5.13 Å². The van der Waals surface area contributed by atoms with Gasteiger partial charge in [-0.3, -0.25) is 0 Å². The van der Waals surface area contributed by atoms with Crippen LogP contribution in [-0.4, -0.2) is 9.97 Å². The third-order valence-corrected chi connectivity index (χ3v) is 5.07. The van der Waals surface area contributed by atoms with E-state index in [4.69, 9.17) is 5.73 Å². The quantitative estimate of drug-likeness (QED) is 0.885. The first-order valence-electron chi connectivity index (χ1n) is 5.91. The maximum absolute atomic E-state index is 5.63. The van der Waals surface area contributed by atoms with E-state index in [1.54, 1.807) is 11.3 Å². The fourth-order valence-corrected chi connectivity index (χ4v) is 3.28. The highest BCUT2D eigenvalue weighted by Crippen LogP contribution is 2.28. The van der Waals surface area contributed by atoms with Crippen LogP contribution in [-0.2, 0) is 12.1 Å². The SMILES string of the molecule is CCC(C)(NCc1cnc(N)s1)c1nc(C)cs1. The lowest BCUT2D eigenvalue weighted by Gasteiger charge is -2.27. The fourth-order valence-electron chi connectivity index (χ4n) is 1.65. The van der Waals surface area contributed by atoms with Gasteiger partial charge < -0.3 is 11.1 Å². The van der Waals surface area contributed by atoms with Crippen molar-refractivity contribution in [3.8, 4) is 0 Å². The second-order valence-corrected chi connectivity index (χ2v) is 6.50. The number of nitrogens with two attached hydrogens (primary N) is 1. The Hall–Kier alpha value is -0.980. The molecule has 2 rings (SSSR count). The van der Waals surface area contributed by atoms with E-state index in [2.05, 4.69) is 34.5 Å². The number of hydrogen-bond donors (Lipinski definition) is 2. The zero-order chi connectivity index (χ0) is 13.2. The molecule has 0 aliphatic carbocycles. The summed E-state index contributed by atoms with van der Waals surface area (Å²) in [6.45, 7) is 7.16. The van der Waals surface area contributed by atoms with E-state index in [-0.39, 0.29) is 5.54 Å². The first-order chi connectivity index (χ1) is 8.53. The van der Waals surface area contributed by atoms with Crippen molar-refractivity contribution in [2.45, 2.75) is 39.3 Å². The van der Waals surface area contributed by atoms with Crippen LogP contribution in [0, 0.1) is 6.92 Å². The van der Waals surface area contributed by atoms with Crippen molar-refractivity contribution in [1.82, 2.24) is 15.3 Å². The number of aromatic nitrogens is 2. The Morgan fingerprint density at radius 1 is 1.50 bits per heavy atom. The summed E-state index contributed by atoms with van der Waals surface area (Å²) in [6.07, 6.45) is 2.82. The van der Waals surface area contributed by atoms with Crippen molar-refractivity contribution in [1.29, 1.82) is 0 Å². The molecular formula is C12H18N4S2. The Morgan fingerprint density at radius 2 is 2.28 bits per heavy atom. The van der Waals surface area contributed by atoms with Crippen LogP contribution in [0.4, 0.5) is 5.13 Å². The van der Waals surface area contributed by atoms with E-state index in [1.165, 1.54) is 11.3 Å². The molecule has 0 radical (unpaired) electrons. The van der Waals surface area contributed by atoms with Gasteiger partial charge in [-0.15, -0.1) is 22.7 Å². The van der Waals surface area contributed by atoms with E-state index < -0.39 is 0 Å². The number of thiazole rings is 2. The number of nitrogens with zero attached hydrogens (tertiary/aromatic N) is 2. The first kappa shape index (κ1) is 13.5. The summed E-state index contributed by atoms with van der Waals surface area (Å²) in [5, 5.41) is 7.42. The van der Waals surface area contributed by atoms with Gasteiger partial charge in [0, 0.05) is 28.7 Å². The molecule has 4 nitrogen and oxygen atoms in total. The maximum Gasteiger partial charge on any atom is 0.180 e. The van der Waals surface area contributed by atoms with Gasteiger partial charge in [0.25, 0.3) is 0 Å². The van der Waals surface area contributed by atoms with Crippen molar-refractivity contribution in [2.24, 2.45) is 0 Å². The highest BCUT2D eigenvalue weighted by molar-refractivity contribution is 7.15. The summed E-state index contributed by atoms with van der Waals surface area (Å²) >= 11 is 3.24. The number of anilines is 1. The van der Waals surface area contributed by atoms with Crippen molar-refractivity contribution in [3.05, 3.63) is 27.2 Å². The molecule has 6 heteroatoms. The first-order valence-corrected chi connectivity index (χ1v) is 7.61. The van der Waals surface area contributed by atoms with Crippen LogP contribution in [0.5, 0.6) is 0 Å². The standard InChI is InChI=1S/C12H18N4S2/c1-4-12(3,10-16-8(2)7-17-10)15-6-9-5-14-11(13)18-9/h5,7,15H,4,6H2,1-3H3,(H2,13,14). The van der Waals surface area contributed by atoms with Crippen LogP contribution >= 0.6 is 22.7 Å². The summed E-state index contributed by atoms with van der Waals surface area (Å²) in [6, 6.07) is 0. The highest BCUT2D eigenvalue weighted by Gasteiger charge is 2.27. The van der Waals surface area contributed by atoms with Gasteiger partial charge in [0.05, 0.1) is 5.54 Å². The summed E-state index contributed by atoms with van der Waals surface area (Å²) < 4.78 is 0. The van der Waals surface area contributed by atoms with E-state index in [1.807, 2.05) is 13.1 Å². The van der Waals surface area contributed by atoms with Gasteiger partial charge in [-0.2, -0.15) is 0 Å². The molecule has 3 N–H and O–H groups in total. The predicted molar refractivity (Wildman–Crippen MR) is 77.9 cm³/mol. The molecule has 0 bridgehead atoms. The van der Waals surface area contributed by atoms with Gasteiger partial charge >= 0.3 is 0 Å². The number of nitrogens with one attached hydrogen (secondary N) is 1. The Bertz CT molecular complexity index is 520. The van der Waals surface area contributed by atoms with E-state index >= 15 is 0 Å². The molecule has 0 fully saturated rings. The monoisotopic (exact) mass is 282 g/mol. The van der Waals surface area contributed by atoms with Crippen molar-refractivity contribution >= 4 is 27.8 Å². The second-order valence-electron chi connectivity index (χ2n) is 4.50. The average Bonchev–Trinajstić information content (AvgIpc) is 2.95. The van der Waals surface area contributed by atoms with Crippen LogP contribution in [0.2, 0.25) is 0 Å². The third-order valence-electron chi connectivity index (χ3n) is 3.02. The van der Waals surface area contributed by atoms with Gasteiger partial charge in [-0.05, 0) is 20.3 Å². The molecule has 0 saturated heterocycles. The Balaban J connectivity index is 2.08. The number of aryl methyl sites for hydroxylation is 1. The molecule has 98 valence electrons. The minimum atomic E-state index is -0.0856. The molecule has 0 aromatic carbocycles. The zero-order valence-electron chi connectivity index (χ0n) is 10.9. The van der Waals surface area contributed by atoms with Crippen LogP contribution in [0.25, 0.3) is 0 Å². The molecule has 18 heavy (non-hydrogen) atoms. The normalized spacial score (nSPS) is 14.6. The van der Waals surface area contributed by atoms with Crippen molar-refractivity contribution < 1.29 is 0 Å². The van der Waals surface area contributed by atoms with E-state index in [0.717, 1.165) is 28.5 Å². The van der Waals surface area contributed by atoms with Crippen molar-refractivity contribution in [2.75, 3.05) is 5.73 Å². The minimum Gasteiger partial charge on any atom is -0.375 e. The summed E-state index contributed by atoms with van der Waals surface area (Å²) in [5.74, 6) is 0. The number of hydrogen-bond acceptors (Lipinski definition) is 6. The molecule has 0 amide bonds. The summed E-state index contributed by atoms with van der Waals surface area (Å²) in [4.78, 5) is 9.81. The Morgan fingerprint density at radius 3 is 2.78 bits per heavy atom.